The van der Waals surface area contributed by atoms with E-state index >= 15 is 0 Å². The van der Waals surface area contributed by atoms with E-state index < -0.39 is 0 Å². The Morgan fingerprint density at radius 1 is 1.19 bits per heavy atom. The van der Waals surface area contributed by atoms with Gasteiger partial charge in [-0.15, -0.1) is 22.7 Å². The van der Waals surface area contributed by atoms with Crippen LogP contribution in [0.25, 0.3) is 0 Å². The van der Waals surface area contributed by atoms with Crippen LogP contribution in [0.3, 0.4) is 0 Å². The Morgan fingerprint density at radius 2 is 1.96 bits per heavy atom. The molecule has 2 heterocycles. The van der Waals surface area contributed by atoms with Crippen molar-refractivity contribution in [1.82, 2.24) is 10.3 Å². The number of nitrogens with zero attached hydrogens (tertiary/aromatic N) is 1. The molecular weight excluding hydrogens is 400 g/mol. The minimum absolute atomic E-state index is 0.0113. The summed E-state index contributed by atoms with van der Waals surface area (Å²) in [6.45, 7) is 0.569. The van der Waals surface area contributed by atoms with Gasteiger partial charge >= 0.3 is 0 Å². The molecule has 0 unspecified atom stereocenters. The molecule has 0 atom stereocenters. The van der Waals surface area contributed by atoms with Gasteiger partial charge in [0.2, 0.25) is 5.91 Å². The number of aromatic nitrogens is 1. The smallest absolute Gasteiger partial charge is 0.226 e. The molecule has 1 N–H and O–H groups in total. The molecule has 27 heavy (non-hydrogen) atoms. The monoisotopic (exact) mass is 420 g/mol. The van der Waals surface area contributed by atoms with Gasteiger partial charge in [0.25, 0.3) is 0 Å². The van der Waals surface area contributed by atoms with E-state index in [9.17, 15) is 4.79 Å². The molecule has 3 rings (SSSR count). The van der Waals surface area contributed by atoms with E-state index in [0.29, 0.717) is 13.0 Å². The van der Waals surface area contributed by atoms with Gasteiger partial charge in [-0.25, -0.2) is 4.98 Å². The summed E-state index contributed by atoms with van der Waals surface area (Å²) in [6.07, 6.45) is 0.301. The molecule has 0 saturated heterocycles. The van der Waals surface area contributed by atoms with Crippen molar-refractivity contribution in [2.24, 2.45) is 0 Å². The van der Waals surface area contributed by atoms with Crippen molar-refractivity contribution in [3.05, 3.63) is 57.2 Å². The number of methoxy groups -OCH3 is 2. The van der Waals surface area contributed by atoms with Crippen molar-refractivity contribution in [3.8, 4) is 11.5 Å². The maximum Gasteiger partial charge on any atom is 0.226 e. The van der Waals surface area contributed by atoms with Gasteiger partial charge in [0.15, 0.2) is 0 Å². The van der Waals surface area contributed by atoms with Crippen molar-refractivity contribution in [2.75, 3.05) is 14.2 Å². The summed E-state index contributed by atoms with van der Waals surface area (Å²) in [5.41, 5.74) is 1.90. The maximum atomic E-state index is 12.1. The first kappa shape index (κ1) is 19.7. The summed E-state index contributed by atoms with van der Waals surface area (Å²) in [5.74, 6) is 2.28. The number of rotatable bonds is 9. The molecule has 3 aromatic rings. The van der Waals surface area contributed by atoms with Gasteiger partial charge in [0, 0.05) is 22.1 Å². The summed E-state index contributed by atoms with van der Waals surface area (Å²) in [6, 6.07) is 9.82. The molecule has 0 aliphatic carbocycles. The van der Waals surface area contributed by atoms with Crippen molar-refractivity contribution in [1.29, 1.82) is 0 Å². The van der Waals surface area contributed by atoms with Gasteiger partial charge in [-0.05, 0) is 29.1 Å². The van der Waals surface area contributed by atoms with E-state index in [0.717, 1.165) is 37.7 Å². The number of thiophene rings is 1. The van der Waals surface area contributed by atoms with Crippen molar-refractivity contribution >= 4 is 40.3 Å². The summed E-state index contributed by atoms with van der Waals surface area (Å²) < 4.78 is 11.5. The number of ether oxygens (including phenoxy) is 2. The highest BCUT2D eigenvalue weighted by molar-refractivity contribution is 8.00. The highest BCUT2D eigenvalue weighted by Crippen LogP contribution is 2.30. The molecule has 0 aliphatic heterocycles. The number of hydrogen-bond acceptors (Lipinski definition) is 7. The Hall–Kier alpha value is -2.03. The van der Waals surface area contributed by atoms with Crippen molar-refractivity contribution < 1.29 is 14.3 Å². The first-order valence-electron chi connectivity index (χ1n) is 8.24. The van der Waals surface area contributed by atoms with Gasteiger partial charge in [0.05, 0.1) is 32.9 Å². The van der Waals surface area contributed by atoms with Crippen LogP contribution < -0.4 is 14.8 Å². The van der Waals surface area contributed by atoms with Gasteiger partial charge in [-0.2, -0.15) is 0 Å². The normalized spacial score (nSPS) is 10.6. The number of hydrogen-bond donors (Lipinski definition) is 1. The number of amides is 1. The van der Waals surface area contributed by atoms with E-state index in [-0.39, 0.29) is 5.91 Å². The van der Waals surface area contributed by atoms with E-state index in [2.05, 4.69) is 10.3 Å². The predicted octanol–water partition coefficient (Wildman–Crippen LogP) is 4.37. The van der Waals surface area contributed by atoms with Crippen LogP contribution in [0.15, 0.2) is 45.4 Å². The lowest BCUT2D eigenvalue weighted by Gasteiger charge is -2.07. The third-order valence-electron chi connectivity index (χ3n) is 3.69. The summed E-state index contributed by atoms with van der Waals surface area (Å²) in [5, 5.41) is 6.87. The topological polar surface area (TPSA) is 60.5 Å². The third-order valence-corrected chi connectivity index (χ3v) is 6.70. The lowest BCUT2D eigenvalue weighted by molar-refractivity contribution is -0.120. The lowest BCUT2D eigenvalue weighted by atomic mass is 10.2. The minimum atomic E-state index is -0.0113. The molecule has 0 radical (unpaired) electrons. The zero-order valence-electron chi connectivity index (χ0n) is 15.1. The van der Waals surface area contributed by atoms with Crippen LogP contribution in [0.4, 0.5) is 0 Å². The van der Waals surface area contributed by atoms with Gasteiger partial charge in [-0.3, -0.25) is 4.79 Å². The van der Waals surface area contributed by atoms with Crippen LogP contribution in [0, 0.1) is 0 Å². The highest BCUT2D eigenvalue weighted by atomic mass is 32.2. The second-order valence-electron chi connectivity index (χ2n) is 5.65. The number of carbonyl (C=O) groups excluding carboxylic acids is 1. The summed E-state index contributed by atoms with van der Waals surface area (Å²) >= 11 is 4.83. The fourth-order valence-corrected chi connectivity index (χ4v) is 4.78. The fraction of sp³-hybridized carbons (Fsp3) is 0.263. The van der Waals surface area contributed by atoms with Gasteiger partial charge in [-0.1, -0.05) is 17.8 Å². The van der Waals surface area contributed by atoms with Crippen LogP contribution >= 0.6 is 34.4 Å². The van der Waals surface area contributed by atoms with Crippen molar-refractivity contribution in [3.63, 3.8) is 0 Å². The Morgan fingerprint density at radius 3 is 2.63 bits per heavy atom. The lowest BCUT2D eigenvalue weighted by Crippen LogP contribution is -2.24. The standard InChI is InChI=1S/C19H20N2O3S3/c1-23-15-6-13(7-16(9-15)24-2)11-26-19-21-14(12-27-19)8-18(22)20-10-17-4-3-5-25-17/h3-7,9,12H,8,10-11H2,1-2H3,(H,20,22). The molecule has 1 aromatic carbocycles. The average molecular weight is 421 g/mol. The Balaban J connectivity index is 1.51. The van der Waals surface area contributed by atoms with E-state index in [4.69, 9.17) is 9.47 Å². The Bertz CT molecular complexity index is 856. The molecule has 1 amide bonds. The largest absolute Gasteiger partial charge is 0.497 e. The maximum absolute atomic E-state index is 12.1. The second kappa shape index (κ2) is 9.77. The Kier molecular flexibility index (Phi) is 7.14. The van der Waals surface area contributed by atoms with Gasteiger partial charge in [0.1, 0.15) is 15.8 Å². The zero-order chi connectivity index (χ0) is 19.1. The predicted molar refractivity (Wildman–Crippen MR) is 111 cm³/mol. The third kappa shape index (κ3) is 5.98. The van der Waals surface area contributed by atoms with E-state index in [1.165, 1.54) is 0 Å². The Labute approximate surface area is 170 Å². The average Bonchev–Trinajstić information content (AvgIpc) is 3.36. The first-order valence-corrected chi connectivity index (χ1v) is 11.0. The fourth-order valence-electron chi connectivity index (χ4n) is 2.36. The summed E-state index contributed by atoms with van der Waals surface area (Å²) in [7, 11) is 3.28. The van der Waals surface area contributed by atoms with Crippen molar-refractivity contribution in [2.45, 2.75) is 23.1 Å². The van der Waals surface area contributed by atoms with E-state index in [1.54, 1.807) is 48.7 Å². The molecule has 0 fully saturated rings. The molecular formula is C19H20N2O3S3. The van der Waals surface area contributed by atoms with Crippen LogP contribution in [0.1, 0.15) is 16.1 Å². The molecule has 0 saturated carbocycles. The number of thioether (sulfide) groups is 1. The van der Waals surface area contributed by atoms with Crippen LogP contribution in [0.2, 0.25) is 0 Å². The number of nitrogens with one attached hydrogen (secondary N) is 1. The zero-order valence-corrected chi connectivity index (χ0v) is 17.5. The molecule has 2 aromatic heterocycles. The molecule has 8 heteroatoms. The second-order valence-corrected chi connectivity index (χ2v) is 8.76. The quantitative estimate of drug-likeness (QED) is 0.521. The number of carbonyl (C=O) groups is 1. The SMILES string of the molecule is COc1cc(CSc2nc(CC(=O)NCc3cccs3)cs2)cc(OC)c1. The summed E-state index contributed by atoms with van der Waals surface area (Å²) in [4.78, 5) is 17.8. The van der Waals surface area contributed by atoms with E-state index in [1.807, 2.05) is 41.1 Å². The first-order chi connectivity index (χ1) is 13.2. The minimum Gasteiger partial charge on any atom is -0.497 e. The van der Waals surface area contributed by atoms with Gasteiger partial charge < -0.3 is 14.8 Å². The molecule has 5 nitrogen and oxygen atoms in total. The van der Waals surface area contributed by atoms with Crippen LogP contribution in [0.5, 0.6) is 11.5 Å². The number of benzene rings is 1. The van der Waals surface area contributed by atoms with Crippen LogP contribution in [-0.4, -0.2) is 25.1 Å². The number of thiazole rings is 1. The molecule has 0 aliphatic rings. The molecule has 0 bridgehead atoms. The van der Waals surface area contributed by atoms with Crippen LogP contribution in [-0.2, 0) is 23.5 Å². The molecule has 142 valence electrons. The highest BCUT2D eigenvalue weighted by Gasteiger charge is 2.09. The molecule has 0 spiro atoms.